The second-order valence-electron chi connectivity index (χ2n) is 4.57. The van der Waals surface area contributed by atoms with Gasteiger partial charge in [-0.2, -0.15) is 0 Å². The zero-order valence-electron chi connectivity index (χ0n) is 10.5. The summed E-state index contributed by atoms with van der Waals surface area (Å²) in [5.74, 6) is -0.877. The minimum atomic E-state index is -0.829. The molecule has 1 aliphatic carbocycles. The fourth-order valence-electron chi connectivity index (χ4n) is 1.48. The average molecular weight is 283 g/mol. The minimum absolute atomic E-state index is 0.236. The molecule has 0 radical (unpaired) electrons. The van der Waals surface area contributed by atoms with E-state index in [2.05, 4.69) is 5.32 Å². The van der Waals surface area contributed by atoms with Gasteiger partial charge in [0.15, 0.2) is 6.10 Å². The maximum absolute atomic E-state index is 11.8. The van der Waals surface area contributed by atoms with Crippen LogP contribution < -0.4 is 11.1 Å². The molecule has 1 aliphatic rings. The number of carbonyl (C=O) groups is 2. The van der Waals surface area contributed by atoms with Crippen LogP contribution in [0.25, 0.3) is 0 Å². The minimum Gasteiger partial charge on any atom is -0.449 e. The number of nitrogens with two attached hydrogens (primary N) is 1. The first kappa shape index (κ1) is 13.7. The van der Waals surface area contributed by atoms with Crippen LogP contribution in [0.15, 0.2) is 18.2 Å². The van der Waals surface area contributed by atoms with Crippen LogP contribution in [0.5, 0.6) is 0 Å². The summed E-state index contributed by atoms with van der Waals surface area (Å²) in [6, 6.07) is 4.69. The molecule has 0 saturated heterocycles. The Kier molecular flexibility index (Phi) is 3.95. The first-order chi connectivity index (χ1) is 8.97. The molecule has 19 heavy (non-hydrogen) atoms. The summed E-state index contributed by atoms with van der Waals surface area (Å²) in [6.07, 6.45) is 1.14. The van der Waals surface area contributed by atoms with Gasteiger partial charge >= 0.3 is 5.97 Å². The molecule has 0 bridgehead atoms. The zero-order chi connectivity index (χ0) is 14.0. The van der Waals surface area contributed by atoms with Crippen molar-refractivity contribution in [2.45, 2.75) is 31.9 Å². The quantitative estimate of drug-likeness (QED) is 0.651. The Morgan fingerprint density at radius 3 is 2.74 bits per heavy atom. The summed E-state index contributed by atoms with van der Waals surface area (Å²) in [4.78, 5) is 23.5. The highest BCUT2D eigenvalue weighted by atomic mass is 35.5. The van der Waals surface area contributed by atoms with Gasteiger partial charge in [-0.15, -0.1) is 0 Å². The van der Waals surface area contributed by atoms with Crippen LogP contribution >= 0.6 is 11.6 Å². The lowest BCUT2D eigenvalue weighted by Crippen LogP contribution is -2.37. The number of nitrogens with one attached hydrogen (secondary N) is 1. The van der Waals surface area contributed by atoms with E-state index in [1.54, 1.807) is 0 Å². The number of nitrogen functional groups attached to an aromatic ring is 1. The third-order valence-corrected chi connectivity index (χ3v) is 3.14. The van der Waals surface area contributed by atoms with Gasteiger partial charge in [-0.3, -0.25) is 4.79 Å². The highest BCUT2D eigenvalue weighted by molar-refractivity contribution is 6.33. The molecular formula is C13H15ClN2O3. The summed E-state index contributed by atoms with van der Waals surface area (Å²) in [6.45, 7) is 1.54. The van der Waals surface area contributed by atoms with Crippen molar-refractivity contribution in [3.8, 4) is 0 Å². The Morgan fingerprint density at radius 2 is 2.16 bits per heavy atom. The van der Waals surface area contributed by atoms with Gasteiger partial charge < -0.3 is 15.8 Å². The maximum atomic E-state index is 11.8. The summed E-state index contributed by atoms with van der Waals surface area (Å²) < 4.78 is 5.07. The van der Waals surface area contributed by atoms with Gasteiger partial charge in [0.25, 0.3) is 5.91 Å². The molecule has 0 spiro atoms. The SMILES string of the molecule is CC(OC(=O)c1ccc(N)c(Cl)c1)C(=O)NC1CC1. The van der Waals surface area contributed by atoms with Gasteiger partial charge in [-0.25, -0.2) is 4.79 Å². The number of anilines is 1. The Balaban J connectivity index is 1.95. The fourth-order valence-corrected chi connectivity index (χ4v) is 1.66. The molecule has 3 N–H and O–H groups in total. The molecule has 0 heterocycles. The highest BCUT2D eigenvalue weighted by Gasteiger charge is 2.27. The molecule has 5 nitrogen and oxygen atoms in total. The Hall–Kier alpha value is -1.75. The van der Waals surface area contributed by atoms with E-state index in [1.165, 1.54) is 25.1 Å². The zero-order valence-corrected chi connectivity index (χ0v) is 11.2. The van der Waals surface area contributed by atoms with Crippen molar-refractivity contribution in [2.75, 3.05) is 5.73 Å². The van der Waals surface area contributed by atoms with Crippen molar-refractivity contribution in [3.63, 3.8) is 0 Å². The second-order valence-corrected chi connectivity index (χ2v) is 4.97. The smallest absolute Gasteiger partial charge is 0.338 e. The fraction of sp³-hybridized carbons (Fsp3) is 0.385. The molecule has 1 saturated carbocycles. The van der Waals surface area contributed by atoms with E-state index >= 15 is 0 Å². The molecule has 1 unspecified atom stereocenters. The van der Waals surface area contributed by atoms with Crippen molar-refractivity contribution in [2.24, 2.45) is 0 Å². The van der Waals surface area contributed by atoms with Crippen molar-refractivity contribution in [1.82, 2.24) is 5.32 Å². The van der Waals surface area contributed by atoms with Gasteiger partial charge in [0.2, 0.25) is 0 Å². The largest absolute Gasteiger partial charge is 0.449 e. The Labute approximate surface area is 116 Å². The van der Waals surface area contributed by atoms with E-state index in [0.29, 0.717) is 5.69 Å². The van der Waals surface area contributed by atoms with Crippen molar-refractivity contribution >= 4 is 29.2 Å². The number of amides is 1. The van der Waals surface area contributed by atoms with Gasteiger partial charge in [-0.05, 0) is 38.0 Å². The summed E-state index contributed by atoms with van der Waals surface area (Å²) in [5, 5.41) is 3.05. The van der Waals surface area contributed by atoms with E-state index in [4.69, 9.17) is 22.1 Å². The van der Waals surface area contributed by atoms with Crippen LogP contribution in [0.3, 0.4) is 0 Å². The van der Waals surface area contributed by atoms with Crippen molar-refractivity contribution in [1.29, 1.82) is 0 Å². The number of hydrogen-bond acceptors (Lipinski definition) is 4. The second kappa shape index (κ2) is 5.48. The Bertz CT molecular complexity index is 515. The summed E-state index contributed by atoms with van der Waals surface area (Å²) in [7, 11) is 0. The van der Waals surface area contributed by atoms with Crippen LogP contribution in [0.1, 0.15) is 30.1 Å². The first-order valence-electron chi connectivity index (χ1n) is 6.03. The van der Waals surface area contributed by atoms with Crippen LogP contribution in [0.2, 0.25) is 5.02 Å². The number of hydrogen-bond donors (Lipinski definition) is 2. The molecule has 0 aromatic heterocycles. The lowest BCUT2D eigenvalue weighted by atomic mass is 10.2. The summed E-state index contributed by atoms with van der Waals surface area (Å²) in [5.41, 5.74) is 6.21. The predicted molar refractivity (Wildman–Crippen MR) is 71.9 cm³/mol. The number of esters is 1. The van der Waals surface area contributed by atoms with Gasteiger partial charge in [0.05, 0.1) is 16.3 Å². The molecule has 1 aromatic rings. The average Bonchev–Trinajstić information content (AvgIpc) is 3.16. The van der Waals surface area contributed by atoms with E-state index in [1.807, 2.05) is 0 Å². The molecule has 6 heteroatoms. The van der Waals surface area contributed by atoms with Crippen molar-refractivity contribution < 1.29 is 14.3 Å². The topological polar surface area (TPSA) is 81.4 Å². The van der Waals surface area contributed by atoms with Crippen LogP contribution in [-0.2, 0) is 9.53 Å². The Morgan fingerprint density at radius 1 is 1.47 bits per heavy atom. The molecular weight excluding hydrogens is 268 g/mol. The summed E-state index contributed by atoms with van der Waals surface area (Å²) >= 11 is 5.82. The third kappa shape index (κ3) is 3.61. The van der Waals surface area contributed by atoms with Crippen LogP contribution in [0.4, 0.5) is 5.69 Å². The number of benzene rings is 1. The monoisotopic (exact) mass is 282 g/mol. The van der Waals surface area contributed by atoms with Crippen LogP contribution in [-0.4, -0.2) is 24.0 Å². The molecule has 1 atom stereocenters. The number of carbonyl (C=O) groups excluding carboxylic acids is 2. The molecule has 1 amide bonds. The highest BCUT2D eigenvalue weighted by Crippen LogP contribution is 2.21. The standard InChI is InChI=1S/C13H15ClN2O3/c1-7(12(17)16-9-3-4-9)19-13(18)8-2-5-11(15)10(14)6-8/h2,5-7,9H,3-4,15H2,1H3,(H,16,17). The normalized spacial score (nSPS) is 15.7. The van der Waals surface area contributed by atoms with E-state index < -0.39 is 12.1 Å². The number of rotatable bonds is 4. The van der Waals surface area contributed by atoms with Gasteiger partial charge in [0, 0.05) is 6.04 Å². The van der Waals surface area contributed by atoms with E-state index in [0.717, 1.165) is 12.8 Å². The van der Waals surface area contributed by atoms with Gasteiger partial charge in [-0.1, -0.05) is 11.6 Å². The number of ether oxygens (including phenoxy) is 1. The lowest BCUT2D eigenvalue weighted by molar-refractivity contribution is -0.129. The first-order valence-corrected chi connectivity index (χ1v) is 6.41. The van der Waals surface area contributed by atoms with E-state index in [9.17, 15) is 9.59 Å². The van der Waals surface area contributed by atoms with E-state index in [-0.39, 0.29) is 22.5 Å². The number of halogens is 1. The maximum Gasteiger partial charge on any atom is 0.338 e. The van der Waals surface area contributed by atoms with Gasteiger partial charge in [0.1, 0.15) is 0 Å². The predicted octanol–water partition coefficient (Wildman–Crippen LogP) is 1.75. The lowest BCUT2D eigenvalue weighted by Gasteiger charge is -2.13. The molecule has 1 fully saturated rings. The molecule has 1 aromatic carbocycles. The van der Waals surface area contributed by atoms with Crippen molar-refractivity contribution in [3.05, 3.63) is 28.8 Å². The third-order valence-electron chi connectivity index (χ3n) is 2.81. The molecule has 2 rings (SSSR count). The molecule has 102 valence electrons. The van der Waals surface area contributed by atoms with Crippen LogP contribution in [0, 0.1) is 0 Å². The molecule has 0 aliphatic heterocycles.